The van der Waals surface area contributed by atoms with E-state index in [1.807, 2.05) is 24.3 Å². The number of carbonyl (C=O) groups excluding carboxylic acids is 1. The number of allylic oxidation sites excluding steroid dienone is 1. The third-order valence-electron chi connectivity index (χ3n) is 3.39. The zero-order valence-corrected chi connectivity index (χ0v) is 14.3. The highest BCUT2D eigenvalue weighted by Crippen LogP contribution is 2.13. The van der Waals surface area contributed by atoms with Gasteiger partial charge in [0.15, 0.2) is 5.78 Å². The molecule has 0 aliphatic heterocycles. The first-order chi connectivity index (χ1) is 10.7. The monoisotopic (exact) mass is 357 g/mol. The van der Waals surface area contributed by atoms with Crippen LogP contribution in [-0.2, 0) is 6.42 Å². The van der Waals surface area contributed by atoms with E-state index < -0.39 is 0 Å². The Hall–Kier alpha value is -1.87. The number of aryl methyl sites for hydroxylation is 1. The second-order valence-corrected chi connectivity index (χ2v) is 6.06. The molecule has 2 rings (SSSR count). The number of benzene rings is 2. The molecule has 0 radical (unpaired) electrons. The molecule has 0 fully saturated rings. The number of unbranched alkanes of at least 4 members (excludes halogenated alkanes) is 1. The van der Waals surface area contributed by atoms with Crippen LogP contribution in [0, 0.1) is 0 Å². The Labute approximate surface area is 140 Å². The summed E-state index contributed by atoms with van der Waals surface area (Å²) < 4.78 is 0.967. The lowest BCUT2D eigenvalue weighted by atomic mass is 10.1. The third kappa shape index (κ3) is 5.15. The fourth-order valence-electron chi connectivity index (χ4n) is 2.07. The quantitative estimate of drug-likeness (QED) is 0.516. The number of ketones is 1. The first-order valence-corrected chi connectivity index (χ1v) is 8.30. The van der Waals surface area contributed by atoms with E-state index in [1.54, 1.807) is 24.4 Å². The summed E-state index contributed by atoms with van der Waals surface area (Å²) in [5.74, 6) is -0.0143. The molecule has 0 heterocycles. The van der Waals surface area contributed by atoms with Crippen molar-refractivity contribution in [1.82, 2.24) is 0 Å². The van der Waals surface area contributed by atoms with Crippen molar-refractivity contribution in [3.63, 3.8) is 0 Å². The highest BCUT2D eigenvalue weighted by molar-refractivity contribution is 9.10. The van der Waals surface area contributed by atoms with E-state index in [2.05, 4.69) is 40.3 Å². The second kappa shape index (κ2) is 8.54. The van der Waals surface area contributed by atoms with Gasteiger partial charge in [-0.1, -0.05) is 41.4 Å². The van der Waals surface area contributed by atoms with Crippen molar-refractivity contribution in [2.75, 3.05) is 5.32 Å². The van der Waals surface area contributed by atoms with Gasteiger partial charge in [0, 0.05) is 28.0 Å². The van der Waals surface area contributed by atoms with Crippen LogP contribution in [0.2, 0.25) is 0 Å². The number of halogens is 1. The van der Waals surface area contributed by atoms with Crippen LogP contribution in [-0.4, -0.2) is 5.78 Å². The zero-order valence-electron chi connectivity index (χ0n) is 12.7. The van der Waals surface area contributed by atoms with Gasteiger partial charge in [0.1, 0.15) is 0 Å². The van der Waals surface area contributed by atoms with Crippen LogP contribution in [0.5, 0.6) is 0 Å². The first kappa shape index (κ1) is 16.5. The zero-order chi connectivity index (χ0) is 15.8. The number of anilines is 1. The predicted octanol–water partition coefficient (Wildman–Crippen LogP) is 5.60. The number of hydrogen-bond acceptors (Lipinski definition) is 2. The summed E-state index contributed by atoms with van der Waals surface area (Å²) in [5.41, 5.74) is 3.01. The van der Waals surface area contributed by atoms with Gasteiger partial charge in [0.25, 0.3) is 0 Å². The van der Waals surface area contributed by atoms with Gasteiger partial charge in [0.05, 0.1) is 0 Å². The van der Waals surface area contributed by atoms with Crippen LogP contribution in [0.4, 0.5) is 5.69 Å². The molecule has 22 heavy (non-hydrogen) atoms. The van der Waals surface area contributed by atoms with Crippen molar-refractivity contribution in [3.05, 3.63) is 76.4 Å². The molecule has 0 aliphatic rings. The Bertz CT molecular complexity index is 629. The minimum atomic E-state index is -0.0143. The van der Waals surface area contributed by atoms with Crippen LogP contribution in [0.1, 0.15) is 35.7 Å². The third-order valence-corrected chi connectivity index (χ3v) is 3.92. The smallest absolute Gasteiger partial charge is 0.187 e. The standard InChI is InChI=1S/C19H20BrNO/c1-2-3-4-15-5-11-18(12-6-15)21-14-13-19(22)16-7-9-17(20)10-8-16/h5-14,21H,2-4H2,1H3. The summed E-state index contributed by atoms with van der Waals surface area (Å²) in [7, 11) is 0. The van der Waals surface area contributed by atoms with E-state index in [0.29, 0.717) is 5.56 Å². The van der Waals surface area contributed by atoms with Crippen molar-refractivity contribution >= 4 is 27.4 Å². The lowest BCUT2D eigenvalue weighted by Crippen LogP contribution is -1.96. The van der Waals surface area contributed by atoms with Gasteiger partial charge in [-0.2, -0.15) is 0 Å². The molecule has 2 nitrogen and oxygen atoms in total. The maximum atomic E-state index is 12.0. The molecule has 0 bridgehead atoms. The largest absolute Gasteiger partial charge is 0.362 e. The van der Waals surface area contributed by atoms with Gasteiger partial charge in [-0.15, -0.1) is 0 Å². The van der Waals surface area contributed by atoms with Crippen molar-refractivity contribution in [2.45, 2.75) is 26.2 Å². The molecule has 1 N–H and O–H groups in total. The Balaban J connectivity index is 1.88. The first-order valence-electron chi connectivity index (χ1n) is 7.51. The molecule has 2 aromatic rings. The van der Waals surface area contributed by atoms with Gasteiger partial charge >= 0.3 is 0 Å². The van der Waals surface area contributed by atoms with Gasteiger partial charge in [0.2, 0.25) is 0 Å². The summed E-state index contributed by atoms with van der Waals surface area (Å²) in [5, 5.41) is 3.13. The van der Waals surface area contributed by atoms with E-state index in [9.17, 15) is 4.79 Å². The molecule has 0 saturated carbocycles. The van der Waals surface area contributed by atoms with Crippen LogP contribution in [0.3, 0.4) is 0 Å². The Morgan fingerprint density at radius 2 is 1.77 bits per heavy atom. The van der Waals surface area contributed by atoms with Crippen LogP contribution in [0.25, 0.3) is 0 Å². The highest BCUT2D eigenvalue weighted by atomic mass is 79.9. The molecule has 0 unspecified atom stereocenters. The van der Waals surface area contributed by atoms with Crippen LogP contribution < -0.4 is 5.32 Å². The molecule has 3 heteroatoms. The van der Waals surface area contributed by atoms with Crippen LogP contribution >= 0.6 is 15.9 Å². The van der Waals surface area contributed by atoms with Crippen molar-refractivity contribution in [1.29, 1.82) is 0 Å². The van der Waals surface area contributed by atoms with Crippen LogP contribution in [0.15, 0.2) is 65.3 Å². The molecule has 0 saturated heterocycles. The normalized spacial score (nSPS) is 10.8. The van der Waals surface area contributed by atoms with Crippen molar-refractivity contribution in [3.8, 4) is 0 Å². The number of nitrogens with one attached hydrogen (secondary N) is 1. The lowest BCUT2D eigenvalue weighted by molar-refractivity contribution is 0.104. The van der Waals surface area contributed by atoms with Gasteiger partial charge in [-0.3, -0.25) is 4.79 Å². The summed E-state index contributed by atoms with van der Waals surface area (Å²) in [6.07, 6.45) is 6.78. The molecule has 114 valence electrons. The molecule has 0 aliphatic carbocycles. The Kier molecular flexibility index (Phi) is 6.41. The number of rotatable bonds is 7. The average Bonchev–Trinajstić information content (AvgIpc) is 2.54. The topological polar surface area (TPSA) is 29.1 Å². The van der Waals surface area contributed by atoms with E-state index in [4.69, 9.17) is 0 Å². The van der Waals surface area contributed by atoms with E-state index in [0.717, 1.165) is 16.6 Å². The molecule has 0 spiro atoms. The summed E-state index contributed by atoms with van der Waals surface area (Å²) in [6.45, 7) is 2.20. The predicted molar refractivity (Wildman–Crippen MR) is 96.3 cm³/mol. The van der Waals surface area contributed by atoms with E-state index in [-0.39, 0.29) is 5.78 Å². The van der Waals surface area contributed by atoms with Crippen molar-refractivity contribution < 1.29 is 4.79 Å². The van der Waals surface area contributed by atoms with E-state index >= 15 is 0 Å². The second-order valence-electron chi connectivity index (χ2n) is 5.15. The average molecular weight is 358 g/mol. The fraction of sp³-hybridized carbons (Fsp3) is 0.211. The fourth-order valence-corrected chi connectivity index (χ4v) is 2.34. The summed E-state index contributed by atoms with van der Waals surface area (Å²) in [6, 6.07) is 15.7. The highest BCUT2D eigenvalue weighted by Gasteiger charge is 2.00. The molecular weight excluding hydrogens is 338 g/mol. The minimum absolute atomic E-state index is 0.0143. The molecule has 0 amide bonds. The van der Waals surface area contributed by atoms with Gasteiger partial charge in [-0.05, 0) is 54.8 Å². The Morgan fingerprint density at radius 1 is 1.09 bits per heavy atom. The summed E-state index contributed by atoms with van der Waals surface area (Å²) >= 11 is 3.36. The molecular formula is C19H20BrNO. The number of carbonyl (C=O) groups is 1. The maximum Gasteiger partial charge on any atom is 0.187 e. The number of hydrogen-bond donors (Lipinski definition) is 1. The van der Waals surface area contributed by atoms with Gasteiger partial charge in [-0.25, -0.2) is 0 Å². The van der Waals surface area contributed by atoms with Gasteiger partial charge < -0.3 is 5.32 Å². The van der Waals surface area contributed by atoms with Crippen molar-refractivity contribution in [2.24, 2.45) is 0 Å². The SMILES string of the molecule is CCCCc1ccc(NC=CC(=O)c2ccc(Br)cc2)cc1. The summed E-state index contributed by atoms with van der Waals surface area (Å²) in [4.78, 5) is 12.0. The minimum Gasteiger partial charge on any atom is -0.362 e. The molecule has 0 atom stereocenters. The lowest BCUT2D eigenvalue weighted by Gasteiger charge is -2.03. The molecule has 2 aromatic carbocycles. The maximum absolute atomic E-state index is 12.0. The molecule has 0 aromatic heterocycles. The van der Waals surface area contributed by atoms with E-state index in [1.165, 1.54) is 18.4 Å². The Morgan fingerprint density at radius 3 is 2.41 bits per heavy atom.